The van der Waals surface area contributed by atoms with Crippen LogP contribution in [0.1, 0.15) is 29.6 Å². The molecule has 0 N–H and O–H groups in total. The fourth-order valence-electron chi connectivity index (χ4n) is 3.77. The van der Waals surface area contributed by atoms with Gasteiger partial charge in [-0.2, -0.15) is 0 Å². The molecule has 2 heterocycles. The Morgan fingerprint density at radius 3 is 2.74 bits per heavy atom. The maximum atomic E-state index is 10.9. The third-order valence-electron chi connectivity index (χ3n) is 4.81. The molecule has 1 aromatic carbocycles. The molecule has 2 aromatic rings. The van der Waals surface area contributed by atoms with E-state index in [2.05, 4.69) is 17.0 Å². The largest absolute Gasteiger partial charge is 0.463 e. The van der Waals surface area contributed by atoms with Gasteiger partial charge in [0.25, 0.3) is 0 Å². The molecule has 98 valence electrons. The van der Waals surface area contributed by atoms with Gasteiger partial charge in [-0.25, -0.2) is 0 Å². The minimum Gasteiger partial charge on any atom is -0.463 e. The van der Waals surface area contributed by atoms with Gasteiger partial charge in [0, 0.05) is 30.2 Å². The van der Waals surface area contributed by atoms with Gasteiger partial charge in [-0.1, -0.05) is 6.42 Å². The quantitative estimate of drug-likeness (QED) is 0.770. The van der Waals surface area contributed by atoms with Crippen LogP contribution in [0.4, 0.5) is 5.69 Å². The average molecular weight is 255 g/mol. The zero-order valence-corrected chi connectivity index (χ0v) is 10.8. The summed E-state index contributed by atoms with van der Waals surface area (Å²) in [5, 5.41) is 0.915. The molecule has 1 aromatic heterocycles. The highest BCUT2D eigenvalue weighted by Crippen LogP contribution is 2.40. The molecule has 1 saturated carbocycles. The van der Waals surface area contributed by atoms with E-state index in [0.717, 1.165) is 29.1 Å². The van der Waals surface area contributed by atoms with E-state index >= 15 is 0 Å². The number of hydrogen-bond donors (Lipinski definition) is 0. The van der Waals surface area contributed by atoms with Crippen molar-refractivity contribution in [1.82, 2.24) is 0 Å². The highest BCUT2D eigenvalue weighted by atomic mass is 16.3. The Bertz CT molecular complexity index is 619. The molecule has 2 atom stereocenters. The molecule has 0 radical (unpaired) electrons. The van der Waals surface area contributed by atoms with Crippen molar-refractivity contribution in [1.29, 1.82) is 0 Å². The third-order valence-corrected chi connectivity index (χ3v) is 4.81. The van der Waals surface area contributed by atoms with E-state index in [0.29, 0.717) is 5.56 Å². The Labute approximate surface area is 112 Å². The van der Waals surface area contributed by atoms with Crippen LogP contribution in [0.15, 0.2) is 28.9 Å². The van der Waals surface area contributed by atoms with Gasteiger partial charge < -0.3 is 9.32 Å². The van der Waals surface area contributed by atoms with E-state index in [9.17, 15) is 4.79 Å². The second-order valence-electron chi connectivity index (χ2n) is 5.85. The zero-order valence-electron chi connectivity index (χ0n) is 10.8. The molecule has 4 rings (SSSR count). The maximum Gasteiger partial charge on any atom is 0.153 e. The minimum atomic E-state index is 0.639. The number of carbonyl (C=O) groups excluding carboxylic acids is 1. The van der Waals surface area contributed by atoms with Crippen LogP contribution in [0.2, 0.25) is 0 Å². The van der Waals surface area contributed by atoms with Gasteiger partial charge in [-0.3, -0.25) is 4.79 Å². The number of nitrogens with zero attached hydrogens (tertiary/aromatic N) is 1. The second kappa shape index (κ2) is 4.12. The summed E-state index contributed by atoms with van der Waals surface area (Å²) >= 11 is 0. The lowest BCUT2D eigenvalue weighted by Crippen LogP contribution is -2.20. The molecular weight excluding hydrogens is 238 g/mol. The number of furan rings is 1. The number of aldehydes is 1. The number of benzene rings is 1. The van der Waals surface area contributed by atoms with Crippen LogP contribution < -0.4 is 4.90 Å². The van der Waals surface area contributed by atoms with E-state index in [1.165, 1.54) is 38.0 Å². The number of fused-ring (bicyclic) bond motifs is 2. The van der Waals surface area contributed by atoms with Gasteiger partial charge in [0.1, 0.15) is 11.8 Å². The van der Waals surface area contributed by atoms with Crippen LogP contribution in [0.3, 0.4) is 0 Å². The molecule has 1 saturated heterocycles. The van der Waals surface area contributed by atoms with Gasteiger partial charge in [0.2, 0.25) is 0 Å². The van der Waals surface area contributed by atoms with Crippen LogP contribution in [0.5, 0.6) is 0 Å². The van der Waals surface area contributed by atoms with E-state index in [4.69, 9.17) is 4.42 Å². The third kappa shape index (κ3) is 1.68. The molecule has 0 amide bonds. The van der Waals surface area contributed by atoms with E-state index in [-0.39, 0.29) is 0 Å². The van der Waals surface area contributed by atoms with Crippen molar-refractivity contribution in [3.8, 4) is 0 Å². The molecule has 3 nitrogen and oxygen atoms in total. The predicted octanol–water partition coefficient (Wildman–Crippen LogP) is 3.48. The fourth-order valence-corrected chi connectivity index (χ4v) is 3.77. The summed E-state index contributed by atoms with van der Waals surface area (Å²) in [4.78, 5) is 13.4. The lowest BCUT2D eigenvalue weighted by atomic mass is 10.0. The number of anilines is 1. The van der Waals surface area contributed by atoms with E-state index < -0.39 is 0 Å². The first-order valence-electron chi connectivity index (χ1n) is 7.06. The summed E-state index contributed by atoms with van der Waals surface area (Å²) in [6, 6.07) is 6.20. The van der Waals surface area contributed by atoms with Crippen LogP contribution in [-0.4, -0.2) is 19.4 Å². The molecule has 1 aliphatic heterocycles. The van der Waals surface area contributed by atoms with Crippen molar-refractivity contribution in [2.24, 2.45) is 11.8 Å². The van der Waals surface area contributed by atoms with Crippen LogP contribution in [0, 0.1) is 11.8 Å². The molecule has 1 aliphatic carbocycles. The van der Waals surface area contributed by atoms with Gasteiger partial charge >= 0.3 is 0 Å². The molecule has 19 heavy (non-hydrogen) atoms. The number of rotatable bonds is 2. The van der Waals surface area contributed by atoms with Crippen LogP contribution in [-0.2, 0) is 0 Å². The van der Waals surface area contributed by atoms with Gasteiger partial charge in [-0.05, 0) is 36.8 Å². The summed E-state index contributed by atoms with van der Waals surface area (Å²) in [6.07, 6.45) is 6.58. The number of carbonyl (C=O) groups is 1. The lowest BCUT2D eigenvalue weighted by Gasteiger charge is -2.19. The topological polar surface area (TPSA) is 33.5 Å². The fraction of sp³-hybridized carbons (Fsp3) is 0.438. The molecule has 0 spiro atoms. The first kappa shape index (κ1) is 11.1. The van der Waals surface area contributed by atoms with Crippen molar-refractivity contribution in [2.75, 3.05) is 18.0 Å². The smallest absolute Gasteiger partial charge is 0.153 e. The Kier molecular flexibility index (Phi) is 2.40. The normalized spacial score (nSPS) is 26.0. The Morgan fingerprint density at radius 1 is 1.21 bits per heavy atom. The highest BCUT2D eigenvalue weighted by Gasteiger charge is 2.36. The first-order chi connectivity index (χ1) is 9.35. The van der Waals surface area contributed by atoms with E-state index in [1.54, 1.807) is 6.26 Å². The SMILES string of the molecule is O=Cc1coc2cc(N3C[C@H]4CCC[C@H]4C3)ccc12. The Morgan fingerprint density at radius 2 is 2.00 bits per heavy atom. The standard InChI is InChI=1S/C16H17NO2/c18-9-13-10-19-16-6-14(4-5-15(13)16)17-7-11-2-1-3-12(11)8-17/h4-6,9-12H,1-3,7-8H2/t11-,12+. The summed E-state index contributed by atoms with van der Waals surface area (Å²) in [5.74, 6) is 1.77. The Balaban J connectivity index is 1.67. The molecule has 2 aliphatic rings. The van der Waals surface area contributed by atoms with Crippen molar-refractivity contribution < 1.29 is 9.21 Å². The average Bonchev–Trinajstić information content (AvgIpc) is 3.11. The van der Waals surface area contributed by atoms with E-state index in [1.807, 2.05) is 6.07 Å². The number of hydrogen-bond acceptors (Lipinski definition) is 3. The summed E-state index contributed by atoms with van der Waals surface area (Å²) < 4.78 is 5.48. The predicted molar refractivity (Wildman–Crippen MR) is 74.6 cm³/mol. The van der Waals surface area contributed by atoms with Gasteiger partial charge in [-0.15, -0.1) is 0 Å². The first-order valence-corrected chi connectivity index (χ1v) is 7.06. The van der Waals surface area contributed by atoms with Crippen molar-refractivity contribution in [3.63, 3.8) is 0 Å². The Hall–Kier alpha value is -1.77. The molecule has 0 unspecified atom stereocenters. The van der Waals surface area contributed by atoms with Crippen molar-refractivity contribution in [2.45, 2.75) is 19.3 Å². The lowest BCUT2D eigenvalue weighted by molar-refractivity contribution is 0.112. The highest BCUT2D eigenvalue weighted by molar-refractivity contribution is 5.97. The van der Waals surface area contributed by atoms with Crippen molar-refractivity contribution in [3.05, 3.63) is 30.0 Å². The second-order valence-corrected chi connectivity index (χ2v) is 5.85. The maximum absolute atomic E-state index is 10.9. The van der Waals surface area contributed by atoms with Crippen LogP contribution >= 0.6 is 0 Å². The summed E-state index contributed by atoms with van der Waals surface area (Å²) in [5.41, 5.74) is 2.69. The summed E-state index contributed by atoms with van der Waals surface area (Å²) in [6.45, 7) is 2.36. The van der Waals surface area contributed by atoms with Gasteiger partial charge in [0.15, 0.2) is 6.29 Å². The monoisotopic (exact) mass is 255 g/mol. The molecule has 3 heteroatoms. The molecule has 0 bridgehead atoms. The molecule has 2 fully saturated rings. The molecular formula is C16H17NO2. The van der Waals surface area contributed by atoms with Gasteiger partial charge in [0.05, 0.1) is 5.56 Å². The van der Waals surface area contributed by atoms with Crippen molar-refractivity contribution >= 4 is 22.9 Å². The zero-order chi connectivity index (χ0) is 12.8. The summed E-state index contributed by atoms with van der Waals surface area (Å²) in [7, 11) is 0. The minimum absolute atomic E-state index is 0.639. The van der Waals surface area contributed by atoms with Crippen LogP contribution in [0.25, 0.3) is 11.0 Å².